The fraction of sp³-hybridized carbons (Fsp3) is 0.0714. The first-order valence-electron chi connectivity index (χ1n) is 6.38. The summed E-state index contributed by atoms with van der Waals surface area (Å²) < 4.78 is 27.2. The molecule has 23 heavy (non-hydrogen) atoms. The van der Waals surface area contributed by atoms with Crippen LogP contribution < -0.4 is 15.4 Å². The van der Waals surface area contributed by atoms with Gasteiger partial charge in [-0.3, -0.25) is 4.72 Å². The van der Waals surface area contributed by atoms with E-state index >= 15 is 0 Å². The lowest BCUT2D eigenvalue weighted by atomic mass is 10.3. The Balaban J connectivity index is 2.29. The lowest BCUT2D eigenvalue weighted by Crippen LogP contribution is -2.24. The molecule has 0 bridgehead atoms. The Bertz CT molecular complexity index is 841. The number of urea groups is 1. The summed E-state index contributed by atoms with van der Waals surface area (Å²) in [7, 11) is -2.44. The standard InChI is InChI=1S/C14H13Cl2N3O3S/c1-17-14(20)18-10-3-2-4-11(8-10)19-23(21,22)13-7-9(15)5-6-12(13)16/h2-8,19H,1H3,(H2,17,18,20). The molecule has 2 aromatic carbocycles. The summed E-state index contributed by atoms with van der Waals surface area (Å²) in [6.45, 7) is 0. The van der Waals surface area contributed by atoms with Crippen LogP contribution in [0.4, 0.5) is 16.2 Å². The molecular weight excluding hydrogens is 361 g/mol. The summed E-state index contributed by atoms with van der Waals surface area (Å²) in [6.07, 6.45) is 0. The van der Waals surface area contributed by atoms with Gasteiger partial charge in [0.05, 0.1) is 10.7 Å². The van der Waals surface area contributed by atoms with Crippen molar-refractivity contribution in [1.82, 2.24) is 5.32 Å². The van der Waals surface area contributed by atoms with Crippen LogP contribution in [-0.4, -0.2) is 21.5 Å². The van der Waals surface area contributed by atoms with E-state index in [2.05, 4.69) is 15.4 Å². The van der Waals surface area contributed by atoms with Gasteiger partial charge in [-0.15, -0.1) is 0 Å². The highest BCUT2D eigenvalue weighted by atomic mass is 35.5. The molecule has 0 saturated heterocycles. The topological polar surface area (TPSA) is 87.3 Å². The maximum Gasteiger partial charge on any atom is 0.318 e. The monoisotopic (exact) mass is 373 g/mol. The smallest absolute Gasteiger partial charge is 0.318 e. The Labute approximate surface area is 143 Å². The van der Waals surface area contributed by atoms with Gasteiger partial charge in [0.2, 0.25) is 0 Å². The zero-order chi connectivity index (χ0) is 17.0. The van der Waals surface area contributed by atoms with E-state index in [1.807, 2.05) is 0 Å². The van der Waals surface area contributed by atoms with E-state index in [4.69, 9.17) is 23.2 Å². The van der Waals surface area contributed by atoms with Gasteiger partial charge in [-0.2, -0.15) is 0 Å². The van der Waals surface area contributed by atoms with E-state index < -0.39 is 16.1 Å². The molecule has 0 spiro atoms. The summed E-state index contributed by atoms with van der Waals surface area (Å²) in [6, 6.07) is 10.00. The van der Waals surface area contributed by atoms with Gasteiger partial charge in [-0.05, 0) is 36.4 Å². The summed E-state index contributed by atoms with van der Waals surface area (Å²) >= 11 is 11.7. The van der Waals surface area contributed by atoms with Crippen molar-refractivity contribution in [1.29, 1.82) is 0 Å². The molecule has 0 aliphatic carbocycles. The maximum atomic E-state index is 12.4. The highest BCUT2D eigenvalue weighted by Gasteiger charge is 2.18. The number of halogens is 2. The Morgan fingerprint density at radius 3 is 2.43 bits per heavy atom. The van der Waals surface area contributed by atoms with Crippen LogP contribution in [0.25, 0.3) is 0 Å². The Hall–Kier alpha value is -1.96. The molecule has 2 amide bonds. The van der Waals surface area contributed by atoms with Crippen LogP contribution in [0.2, 0.25) is 10.0 Å². The van der Waals surface area contributed by atoms with Crippen LogP contribution in [0.3, 0.4) is 0 Å². The minimum atomic E-state index is -3.91. The largest absolute Gasteiger partial charge is 0.341 e. The average molecular weight is 374 g/mol. The molecule has 0 unspecified atom stereocenters. The third kappa shape index (κ3) is 4.51. The molecule has 0 fully saturated rings. The lowest BCUT2D eigenvalue weighted by molar-refractivity contribution is 0.254. The van der Waals surface area contributed by atoms with Crippen LogP contribution in [0, 0.1) is 0 Å². The van der Waals surface area contributed by atoms with E-state index in [0.717, 1.165) is 0 Å². The molecule has 3 N–H and O–H groups in total. The molecule has 2 aromatic rings. The third-order valence-electron chi connectivity index (χ3n) is 2.78. The zero-order valence-electron chi connectivity index (χ0n) is 11.9. The second-order valence-corrected chi connectivity index (χ2v) is 6.96. The first-order valence-corrected chi connectivity index (χ1v) is 8.62. The summed E-state index contributed by atoms with van der Waals surface area (Å²) in [4.78, 5) is 11.2. The number of benzene rings is 2. The molecule has 122 valence electrons. The predicted molar refractivity (Wildman–Crippen MR) is 91.8 cm³/mol. The summed E-state index contributed by atoms with van der Waals surface area (Å²) in [5.41, 5.74) is 0.705. The highest BCUT2D eigenvalue weighted by Crippen LogP contribution is 2.27. The first kappa shape index (κ1) is 17.4. The second-order valence-electron chi connectivity index (χ2n) is 4.47. The van der Waals surface area contributed by atoms with E-state index in [0.29, 0.717) is 5.69 Å². The van der Waals surface area contributed by atoms with Crippen LogP contribution in [-0.2, 0) is 10.0 Å². The van der Waals surface area contributed by atoms with Gasteiger partial charge >= 0.3 is 6.03 Å². The van der Waals surface area contributed by atoms with Crippen molar-refractivity contribution in [2.45, 2.75) is 4.90 Å². The van der Waals surface area contributed by atoms with Crippen molar-refractivity contribution in [3.05, 3.63) is 52.5 Å². The fourth-order valence-electron chi connectivity index (χ4n) is 1.75. The molecule has 0 aliphatic heterocycles. The van der Waals surface area contributed by atoms with Crippen LogP contribution >= 0.6 is 23.2 Å². The summed E-state index contributed by atoms with van der Waals surface area (Å²) in [5.74, 6) is 0. The van der Waals surface area contributed by atoms with Gasteiger partial charge in [0, 0.05) is 17.8 Å². The molecule has 0 aromatic heterocycles. The van der Waals surface area contributed by atoms with Crippen LogP contribution in [0.5, 0.6) is 0 Å². The van der Waals surface area contributed by atoms with Crippen molar-refractivity contribution in [2.75, 3.05) is 17.1 Å². The van der Waals surface area contributed by atoms with E-state index in [1.165, 1.54) is 31.3 Å². The van der Waals surface area contributed by atoms with Gasteiger partial charge in [0.1, 0.15) is 4.90 Å². The number of carbonyl (C=O) groups is 1. The van der Waals surface area contributed by atoms with Gasteiger partial charge in [-0.1, -0.05) is 29.3 Å². The Morgan fingerprint density at radius 2 is 1.74 bits per heavy atom. The summed E-state index contributed by atoms with van der Waals surface area (Å²) in [5, 5.41) is 5.26. The predicted octanol–water partition coefficient (Wildman–Crippen LogP) is 3.55. The van der Waals surface area contributed by atoms with Gasteiger partial charge in [0.15, 0.2) is 0 Å². The quantitative estimate of drug-likeness (QED) is 0.765. The van der Waals surface area contributed by atoms with Gasteiger partial charge < -0.3 is 10.6 Å². The minimum Gasteiger partial charge on any atom is -0.341 e. The SMILES string of the molecule is CNC(=O)Nc1cccc(NS(=O)(=O)c2cc(Cl)ccc2Cl)c1. The molecule has 0 saturated carbocycles. The highest BCUT2D eigenvalue weighted by molar-refractivity contribution is 7.92. The second kappa shape index (κ2) is 7.08. The molecular formula is C14H13Cl2N3O3S. The number of nitrogens with one attached hydrogen (secondary N) is 3. The molecule has 2 rings (SSSR count). The molecule has 0 aliphatic rings. The van der Waals surface area contributed by atoms with Crippen molar-refractivity contribution in [3.63, 3.8) is 0 Å². The number of rotatable bonds is 4. The first-order chi connectivity index (χ1) is 10.8. The Morgan fingerprint density at radius 1 is 1.04 bits per heavy atom. The molecule has 9 heteroatoms. The number of hydrogen-bond acceptors (Lipinski definition) is 3. The molecule has 0 radical (unpaired) electrons. The number of sulfonamides is 1. The van der Waals surface area contributed by atoms with E-state index in [9.17, 15) is 13.2 Å². The van der Waals surface area contributed by atoms with E-state index in [1.54, 1.807) is 18.2 Å². The molecule has 0 heterocycles. The zero-order valence-corrected chi connectivity index (χ0v) is 14.3. The van der Waals surface area contributed by atoms with Crippen LogP contribution in [0.1, 0.15) is 0 Å². The molecule has 6 nitrogen and oxygen atoms in total. The van der Waals surface area contributed by atoms with E-state index in [-0.39, 0.29) is 20.6 Å². The number of hydrogen-bond donors (Lipinski definition) is 3. The fourth-order valence-corrected chi connectivity index (χ4v) is 3.56. The number of amides is 2. The number of carbonyl (C=O) groups excluding carboxylic acids is 1. The van der Waals surface area contributed by atoms with Crippen molar-refractivity contribution >= 4 is 50.6 Å². The maximum absolute atomic E-state index is 12.4. The third-order valence-corrected chi connectivity index (χ3v) is 4.88. The minimum absolute atomic E-state index is 0.0570. The van der Waals surface area contributed by atoms with Crippen molar-refractivity contribution < 1.29 is 13.2 Å². The normalized spacial score (nSPS) is 10.9. The van der Waals surface area contributed by atoms with Gasteiger partial charge in [-0.25, -0.2) is 13.2 Å². The number of anilines is 2. The van der Waals surface area contributed by atoms with Crippen molar-refractivity contribution in [2.24, 2.45) is 0 Å². The van der Waals surface area contributed by atoms with Crippen molar-refractivity contribution in [3.8, 4) is 0 Å². The Kier molecular flexibility index (Phi) is 5.35. The molecule has 0 atom stereocenters. The van der Waals surface area contributed by atoms with Gasteiger partial charge in [0.25, 0.3) is 10.0 Å². The van der Waals surface area contributed by atoms with Crippen LogP contribution in [0.15, 0.2) is 47.4 Å². The average Bonchev–Trinajstić information content (AvgIpc) is 2.49. The lowest BCUT2D eigenvalue weighted by Gasteiger charge is -2.11.